The maximum Gasteiger partial charge on any atom is 4.00 e. The topological polar surface area (TPSA) is 3.24 Å². The van der Waals surface area contributed by atoms with Gasteiger partial charge in [-0.1, -0.05) is 12.2 Å². The van der Waals surface area contributed by atoms with Crippen LogP contribution in [0.15, 0.2) is 0 Å². The zero-order valence-electron chi connectivity index (χ0n) is 11.4. The van der Waals surface area contributed by atoms with Gasteiger partial charge < -0.3 is 4.90 Å². The van der Waals surface area contributed by atoms with E-state index >= 15 is 0 Å². The maximum absolute atomic E-state index is 4.81. The predicted octanol–water partition coefficient (Wildman–Crippen LogP) is 3.58. The molecule has 0 aliphatic heterocycles. The van der Waals surface area contributed by atoms with Crippen LogP contribution in [0.3, 0.4) is 0 Å². The summed E-state index contributed by atoms with van der Waals surface area (Å²) >= 11 is 8.82. The molecule has 2 rings (SSSR count). The first kappa shape index (κ1) is 22.1. The van der Waals surface area contributed by atoms with Crippen molar-refractivity contribution in [3.05, 3.63) is 64.2 Å². The fourth-order valence-electron chi connectivity index (χ4n) is 1.14. The zero-order chi connectivity index (χ0) is 13.6. The van der Waals surface area contributed by atoms with Crippen LogP contribution >= 0.6 is 24.8 Å². The van der Waals surface area contributed by atoms with Gasteiger partial charge in [0, 0.05) is 13.1 Å². The van der Waals surface area contributed by atoms with Crippen molar-refractivity contribution in [1.29, 1.82) is 0 Å². The second-order valence-corrected chi connectivity index (χ2v) is 4.49. The third kappa shape index (κ3) is 15.0. The van der Waals surface area contributed by atoms with Gasteiger partial charge in [0.25, 0.3) is 0 Å². The van der Waals surface area contributed by atoms with E-state index in [-0.39, 0.29) is 18.6 Å². The second-order valence-electron chi connectivity index (χ2n) is 3.38. The Hall–Kier alpha value is 0.824. The van der Waals surface area contributed by atoms with Crippen molar-refractivity contribution in [2.24, 2.45) is 0 Å². The Morgan fingerprint density at radius 2 is 1.00 bits per heavy atom. The van der Waals surface area contributed by atoms with Gasteiger partial charge in [0.1, 0.15) is 4.32 Å². The van der Waals surface area contributed by atoms with Crippen molar-refractivity contribution in [3.63, 3.8) is 0 Å². The van der Waals surface area contributed by atoms with Gasteiger partial charge in [0.15, 0.2) is 0 Å². The Morgan fingerprint density at radius 3 is 1.05 bits per heavy atom. The van der Waals surface area contributed by atoms with Crippen molar-refractivity contribution in [2.75, 3.05) is 13.1 Å². The molecule has 0 amide bonds. The van der Waals surface area contributed by atoms with Crippen LogP contribution in [0.4, 0.5) is 0 Å². The summed E-state index contributed by atoms with van der Waals surface area (Å²) in [4.78, 5) is 2.01. The largest absolute Gasteiger partial charge is 4.00 e. The Labute approximate surface area is 143 Å². The van der Waals surface area contributed by atoms with Gasteiger partial charge in [-0.05, 0) is 78.1 Å². The summed E-state index contributed by atoms with van der Waals surface area (Å²) in [6.45, 7) is 6.04. The summed E-state index contributed by atoms with van der Waals surface area (Å²) < 4.78 is 0.690. The van der Waals surface area contributed by atoms with Gasteiger partial charge >= 0.3 is 18.6 Å². The first-order valence-corrected chi connectivity index (χ1v) is 6.89. The van der Waals surface area contributed by atoms with Gasteiger partial charge in [0.2, 0.25) is 0 Å². The van der Waals surface area contributed by atoms with Gasteiger partial charge in [-0.2, -0.15) is 0 Å². The summed E-state index contributed by atoms with van der Waals surface area (Å²) in [5.74, 6) is 0. The number of hydrogen-bond acceptors (Lipinski definition) is 1. The quantitative estimate of drug-likeness (QED) is 0.609. The van der Waals surface area contributed by atoms with Crippen molar-refractivity contribution in [3.8, 4) is 0 Å². The van der Waals surface area contributed by atoms with E-state index in [4.69, 9.17) is 12.2 Å². The molecule has 0 aromatic heterocycles. The molecule has 0 saturated heterocycles. The van der Waals surface area contributed by atoms with Gasteiger partial charge in [0.05, 0.1) is 0 Å². The van der Waals surface area contributed by atoms with Crippen LogP contribution in [0, 0.1) is 64.2 Å². The summed E-state index contributed by atoms with van der Waals surface area (Å²) in [7, 11) is 0. The molecule has 0 aromatic carbocycles. The Balaban J connectivity index is 0. The Kier molecular flexibility index (Phi) is 19.6. The number of rotatable bonds is 2. The van der Waals surface area contributed by atoms with E-state index in [1.165, 1.54) is 0 Å². The molecule has 0 spiro atoms. The minimum absolute atomic E-state index is 0. The number of nitrogens with zero attached hydrogens (tertiary/aromatic N) is 1. The average Bonchev–Trinajstić information content (AvgIpc) is 3.09. The normalized spacial score (nSPS) is 16.4. The minimum atomic E-state index is 0. The van der Waals surface area contributed by atoms with Gasteiger partial charge in [-0.3, -0.25) is 0 Å². The molecule has 2 aliphatic carbocycles. The molecule has 2 aliphatic rings. The molecule has 99 valence electrons. The van der Waals surface area contributed by atoms with Crippen molar-refractivity contribution in [2.45, 2.75) is 13.8 Å². The molecular weight excluding hydrogens is 309 g/mol. The van der Waals surface area contributed by atoms with Crippen LogP contribution < -0.4 is 0 Å². The molecule has 2 saturated carbocycles. The summed E-state index contributed by atoms with van der Waals surface area (Å²) in [6, 6.07) is 0. The summed E-state index contributed by atoms with van der Waals surface area (Å²) in [6.07, 6.45) is 20.0. The van der Waals surface area contributed by atoms with Crippen LogP contribution in [-0.2, 0) is 18.6 Å². The van der Waals surface area contributed by atoms with E-state index in [0.29, 0.717) is 4.32 Å². The third-order valence-electron chi connectivity index (χ3n) is 2.15. The molecular formula is C15H21NS2V+4. The average molecular weight is 330 g/mol. The monoisotopic (exact) mass is 330 g/mol. The van der Waals surface area contributed by atoms with Crippen LogP contribution in [0.2, 0.25) is 0 Å². The molecule has 0 heterocycles. The minimum Gasteiger partial charge on any atom is -0.358 e. The molecule has 0 atom stereocenters. The molecule has 0 bridgehead atoms. The van der Waals surface area contributed by atoms with Gasteiger partial charge in [-0.15, -0.1) is 12.6 Å². The van der Waals surface area contributed by atoms with E-state index in [0.717, 1.165) is 13.1 Å². The standard InChI is InChI=1S/C5H11NS2.2C5H5.V/c1-3-6(4-2)5(7)8;2*1-2-4-5-3-1;/h3-4H2,1-2H3,(H,7,8);2*1-5H;/q;;;+4. The van der Waals surface area contributed by atoms with E-state index in [2.05, 4.69) is 26.5 Å². The predicted molar refractivity (Wildman–Crippen MR) is 87.5 cm³/mol. The van der Waals surface area contributed by atoms with E-state index in [9.17, 15) is 0 Å². The molecule has 2 fully saturated rings. The fourth-order valence-corrected chi connectivity index (χ4v) is 1.68. The number of hydrogen-bond donors (Lipinski definition) is 1. The van der Waals surface area contributed by atoms with Crippen molar-refractivity contribution >= 4 is 29.2 Å². The second kappa shape index (κ2) is 16.9. The van der Waals surface area contributed by atoms with E-state index in [1.807, 2.05) is 69.1 Å². The van der Waals surface area contributed by atoms with Gasteiger partial charge in [-0.25, -0.2) is 0 Å². The third-order valence-corrected chi connectivity index (χ3v) is 2.69. The molecule has 11 radical (unpaired) electrons. The van der Waals surface area contributed by atoms with Crippen molar-refractivity contribution < 1.29 is 18.6 Å². The van der Waals surface area contributed by atoms with Crippen LogP contribution in [-0.4, -0.2) is 22.3 Å². The number of thiocarbonyl (C=S) groups is 1. The van der Waals surface area contributed by atoms with Crippen molar-refractivity contribution in [1.82, 2.24) is 4.90 Å². The molecule has 1 nitrogen and oxygen atoms in total. The molecule has 0 unspecified atom stereocenters. The molecule has 4 heteroatoms. The first-order chi connectivity index (χ1) is 8.72. The summed E-state index contributed by atoms with van der Waals surface area (Å²) in [5, 5.41) is 0. The SMILES string of the molecule is CCN(CC)C(=S)S.[CH]1[CH][CH][CH][CH]1.[CH]1[CH][CH][CH][CH]1.[V+4]. The van der Waals surface area contributed by atoms with Crippen LogP contribution in [0.5, 0.6) is 0 Å². The van der Waals surface area contributed by atoms with E-state index < -0.39 is 0 Å². The summed E-state index contributed by atoms with van der Waals surface area (Å²) in [5.41, 5.74) is 0. The maximum atomic E-state index is 4.81. The Morgan fingerprint density at radius 1 is 0.789 bits per heavy atom. The van der Waals surface area contributed by atoms with E-state index in [1.54, 1.807) is 0 Å². The smallest absolute Gasteiger partial charge is 0.358 e. The molecule has 0 aromatic rings. The molecule has 19 heavy (non-hydrogen) atoms. The van der Waals surface area contributed by atoms with Crippen LogP contribution in [0.1, 0.15) is 13.8 Å². The number of thiol groups is 1. The molecule has 0 N–H and O–H groups in total. The van der Waals surface area contributed by atoms with Crippen LogP contribution in [0.25, 0.3) is 0 Å². The zero-order valence-corrected chi connectivity index (χ0v) is 14.5. The Bertz CT molecular complexity index is 163. The first-order valence-electron chi connectivity index (χ1n) is 6.03. The fraction of sp³-hybridized carbons (Fsp3) is 0.267.